The van der Waals surface area contributed by atoms with Crippen molar-refractivity contribution in [3.05, 3.63) is 42.9 Å². The lowest BCUT2D eigenvalue weighted by Gasteiger charge is -2.04. The number of nitrogens with zero attached hydrogens (tertiary/aromatic N) is 3. The van der Waals surface area contributed by atoms with Gasteiger partial charge < -0.3 is 20.1 Å². The topological polar surface area (TPSA) is 86.2 Å². The van der Waals surface area contributed by atoms with Crippen molar-refractivity contribution in [3.63, 3.8) is 0 Å². The number of nitrogen functional groups attached to an aromatic ring is 1. The fourth-order valence-electron chi connectivity index (χ4n) is 2.31. The molecule has 1 aromatic carbocycles. The van der Waals surface area contributed by atoms with Crippen LogP contribution in [0.15, 0.2) is 42.9 Å². The molecule has 0 radical (unpaired) electrons. The molecular formula is C15H16N4O2. The highest BCUT2D eigenvalue weighted by molar-refractivity contribution is 6.00. The maximum absolute atomic E-state index is 8.80. The molecular weight excluding hydrogens is 268 g/mol. The van der Waals surface area contributed by atoms with Crippen molar-refractivity contribution in [2.45, 2.75) is 6.73 Å². The predicted molar refractivity (Wildman–Crippen MR) is 80.4 cm³/mol. The predicted octanol–water partition coefficient (Wildman–Crippen LogP) is 1.65. The summed E-state index contributed by atoms with van der Waals surface area (Å²) in [5, 5.41) is 9.62. The second kappa shape index (κ2) is 5.90. The Labute approximate surface area is 121 Å². The normalized spacial score (nSPS) is 11.1. The Morgan fingerprint density at radius 3 is 2.76 bits per heavy atom. The van der Waals surface area contributed by atoms with Crippen LogP contribution in [0.4, 0.5) is 5.82 Å². The summed E-state index contributed by atoms with van der Waals surface area (Å²) in [7, 11) is 0. The molecule has 0 spiro atoms. The fourth-order valence-corrected chi connectivity index (χ4v) is 2.31. The standard InChI is InChI=1S/C15H16N4O2/c16-14-13-12(11-4-2-1-3-5-11)8-19(10-21-7-6-20)15(13)18-9-17-14/h1-5,8-9,20H,6-7,10H2,(H2,16,17,18). The van der Waals surface area contributed by atoms with Gasteiger partial charge >= 0.3 is 0 Å². The van der Waals surface area contributed by atoms with E-state index in [1.165, 1.54) is 6.33 Å². The van der Waals surface area contributed by atoms with Gasteiger partial charge in [-0.25, -0.2) is 9.97 Å². The third-order valence-corrected chi connectivity index (χ3v) is 3.23. The molecule has 2 aromatic heterocycles. The first-order valence-electron chi connectivity index (χ1n) is 6.64. The van der Waals surface area contributed by atoms with Gasteiger partial charge in [-0.1, -0.05) is 30.3 Å². The number of fused-ring (bicyclic) bond motifs is 1. The molecule has 0 fully saturated rings. The van der Waals surface area contributed by atoms with Crippen LogP contribution in [0.3, 0.4) is 0 Å². The Bertz CT molecular complexity index is 740. The van der Waals surface area contributed by atoms with Gasteiger partial charge in [-0.15, -0.1) is 0 Å². The lowest BCUT2D eigenvalue weighted by atomic mass is 10.1. The third kappa shape index (κ3) is 2.58. The van der Waals surface area contributed by atoms with E-state index >= 15 is 0 Å². The molecule has 3 N–H and O–H groups in total. The molecule has 0 aliphatic heterocycles. The van der Waals surface area contributed by atoms with Crippen molar-refractivity contribution in [2.24, 2.45) is 0 Å². The summed E-state index contributed by atoms with van der Waals surface area (Å²) in [5.41, 5.74) is 8.75. The van der Waals surface area contributed by atoms with Crippen LogP contribution in [0.25, 0.3) is 22.2 Å². The average molecular weight is 284 g/mol. The minimum absolute atomic E-state index is 0.0120. The number of nitrogens with two attached hydrogens (primary N) is 1. The van der Waals surface area contributed by atoms with Gasteiger partial charge in [-0.05, 0) is 5.56 Å². The number of hydrogen-bond donors (Lipinski definition) is 2. The van der Waals surface area contributed by atoms with Crippen molar-refractivity contribution in [3.8, 4) is 11.1 Å². The summed E-state index contributed by atoms with van der Waals surface area (Å²) in [6.07, 6.45) is 3.39. The highest BCUT2D eigenvalue weighted by Gasteiger charge is 2.14. The molecule has 0 bridgehead atoms. The van der Waals surface area contributed by atoms with Gasteiger partial charge in [-0.2, -0.15) is 0 Å². The van der Waals surface area contributed by atoms with Crippen LogP contribution in [-0.4, -0.2) is 32.9 Å². The molecule has 21 heavy (non-hydrogen) atoms. The van der Waals surface area contributed by atoms with E-state index in [2.05, 4.69) is 9.97 Å². The van der Waals surface area contributed by atoms with Crippen LogP contribution in [-0.2, 0) is 11.5 Å². The van der Waals surface area contributed by atoms with Gasteiger partial charge in [0.1, 0.15) is 24.5 Å². The van der Waals surface area contributed by atoms with Crippen LogP contribution in [0.2, 0.25) is 0 Å². The van der Waals surface area contributed by atoms with Gasteiger partial charge in [0, 0.05) is 11.8 Å². The van der Waals surface area contributed by atoms with Gasteiger partial charge in [-0.3, -0.25) is 0 Å². The van der Waals surface area contributed by atoms with Crippen LogP contribution < -0.4 is 5.73 Å². The first-order valence-corrected chi connectivity index (χ1v) is 6.64. The zero-order valence-electron chi connectivity index (χ0n) is 11.4. The van der Waals surface area contributed by atoms with E-state index < -0.39 is 0 Å². The minimum Gasteiger partial charge on any atom is -0.394 e. The Morgan fingerprint density at radius 2 is 2.00 bits per heavy atom. The second-order valence-corrected chi connectivity index (χ2v) is 4.60. The van der Waals surface area contributed by atoms with Crippen molar-refractivity contribution >= 4 is 16.9 Å². The van der Waals surface area contributed by atoms with Gasteiger partial charge in [0.05, 0.1) is 18.6 Å². The maximum atomic E-state index is 8.80. The Morgan fingerprint density at radius 1 is 1.19 bits per heavy atom. The monoisotopic (exact) mass is 284 g/mol. The Balaban J connectivity index is 2.12. The van der Waals surface area contributed by atoms with Crippen LogP contribution in [0.5, 0.6) is 0 Å². The SMILES string of the molecule is Nc1ncnc2c1c(-c1ccccc1)cn2COCCO. The first kappa shape index (κ1) is 13.5. The molecule has 6 nitrogen and oxygen atoms in total. The summed E-state index contributed by atoms with van der Waals surface area (Å²) >= 11 is 0. The molecule has 0 atom stereocenters. The highest BCUT2D eigenvalue weighted by atomic mass is 16.5. The van der Waals surface area contributed by atoms with Gasteiger partial charge in [0.2, 0.25) is 0 Å². The van der Waals surface area contributed by atoms with Crippen LogP contribution in [0, 0.1) is 0 Å². The quantitative estimate of drug-likeness (QED) is 0.696. The van der Waals surface area contributed by atoms with Crippen molar-refractivity contribution in [1.29, 1.82) is 0 Å². The molecule has 108 valence electrons. The number of hydrogen-bond acceptors (Lipinski definition) is 5. The van der Waals surface area contributed by atoms with Crippen molar-refractivity contribution < 1.29 is 9.84 Å². The zero-order chi connectivity index (χ0) is 14.7. The molecule has 0 unspecified atom stereocenters. The Kier molecular flexibility index (Phi) is 3.81. The Hall–Kier alpha value is -2.44. The first-order chi connectivity index (χ1) is 10.3. The summed E-state index contributed by atoms with van der Waals surface area (Å²) < 4.78 is 7.24. The second-order valence-electron chi connectivity index (χ2n) is 4.60. The summed E-state index contributed by atoms with van der Waals surface area (Å²) in [6, 6.07) is 9.94. The van der Waals surface area contributed by atoms with E-state index in [1.807, 2.05) is 41.1 Å². The van der Waals surface area contributed by atoms with E-state index in [0.717, 1.165) is 22.2 Å². The van der Waals surface area contributed by atoms with E-state index in [0.29, 0.717) is 12.5 Å². The lowest BCUT2D eigenvalue weighted by molar-refractivity contribution is 0.0502. The van der Waals surface area contributed by atoms with E-state index in [9.17, 15) is 0 Å². The van der Waals surface area contributed by atoms with E-state index in [-0.39, 0.29) is 13.2 Å². The number of ether oxygens (including phenoxy) is 1. The molecule has 6 heteroatoms. The third-order valence-electron chi connectivity index (χ3n) is 3.23. The highest BCUT2D eigenvalue weighted by Crippen LogP contribution is 2.32. The van der Waals surface area contributed by atoms with Crippen molar-refractivity contribution in [2.75, 3.05) is 18.9 Å². The smallest absolute Gasteiger partial charge is 0.148 e. The summed E-state index contributed by atoms with van der Waals surface area (Å²) in [5.74, 6) is 0.444. The number of aliphatic hydroxyl groups excluding tert-OH is 1. The van der Waals surface area contributed by atoms with E-state index in [4.69, 9.17) is 15.6 Å². The van der Waals surface area contributed by atoms with Gasteiger partial charge in [0.15, 0.2) is 0 Å². The fraction of sp³-hybridized carbons (Fsp3) is 0.200. The number of aromatic nitrogens is 3. The van der Waals surface area contributed by atoms with Gasteiger partial charge in [0.25, 0.3) is 0 Å². The van der Waals surface area contributed by atoms with Crippen LogP contribution in [0.1, 0.15) is 0 Å². The average Bonchev–Trinajstić information content (AvgIpc) is 2.89. The van der Waals surface area contributed by atoms with Crippen molar-refractivity contribution in [1.82, 2.24) is 14.5 Å². The molecule has 0 saturated heterocycles. The molecule has 0 amide bonds. The number of anilines is 1. The molecule has 0 aliphatic carbocycles. The molecule has 0 saturated carbocycles. The molecule has 3 rings (SSSR count). The summed E-state index contributed by atoms with van der Waals surface area (Å²) in [4.78, 5) is 8.37. The molecule has 3 aromatic rings. The number of rotatable bonds is 5. The number of aliphatic hydroxyl groups is 1. The number of benzene rings is 1. The minimum atomic E-state index is -0.0120. The van der Waals surface area contributed by atoms with Crippen LogP contribution >= 0.6 is 0 Å². The zero-order valence-corrected chi connectivity index (χ0v) is 11.4. The maximum Gasteiger partial charge on any atom is 0.148 e. The lowest BCUT2D eigenvalue weighted by Crippen LogP contribution is -2.05. The largest absolute Gasteiger partial charge is 0.394 e. The summed E-state index contributed by atoms with van der Waals surface area (Å²) in [6.45, 7) is 0.573. The van der Waals surface area contributed by atoms with E-state index in [1.54, 1.807) is 0 Å². The molecule has 0 aliphatic rings. The molecule has 2 heterocycles.